The summed E-state index contributed by atoms with van der Waals surface area (Å²) in [7, 11) is 1.65. The zero-order valence-corrected chi connectivity index (χ0v) is 15.3. The van der Waals surface area contributed by atoms with E-state index in [2.05, 4.69) is 21.0 Å². The smallest absolute Gasteiger partial charge is 0.185 e. The number of rotatable bonds is 6. The van der Waals surface area contributed by atoms with Crippen LogP contribution in [-0.2, 0) is 6.54 Å². The molecule has 3 aromatic rings. The molecule has 0 aliphatic rings. The molecule has 0 unspecified atom stereocenters. The number of carbonyl (C=O) groups excluding carboxylic acids is 1. The van der Waals surface area contributed by atoms with Gasteiger partial charge in [0.2, 0.25) is 0 Å². The van der Waals surface area contributed by atoms with Gasteiger partial charge in [0.1, 0.15) is 5.75 Å². The van der Waals surface area contributed by atoms with E-state index in [0.717, 1.165) is 21.3 Å². The second-order valence-electron chi connectivity index (χ2n) is 5.48. The van der Waals surface area contributed by atoms with Gasteiger partial charge >= 0.3 is 0 Å². The SMILES string of the molecule is COc1ccc(/C=C/C(=O)c2ccc(Br)cc2)cc1Cn1cccn1. The van der Waals surface area contributed by atoms with Gasteiger partial charge in [-0.2, -0.15) is 5.10 Å². The fraction of sp³-hybridized carbons (Fsp3) is 0.100. The Morgan fingerprint density at radius 3 is 2.72 bits per heavy atom. The maximum absolute atomic E-state index is 12.3. The zero-order valence-electron chi connectivity index (χ0n) is 13.7. The molecule has 0 saturated heterocycles. The topological polar surface area (TPSA) is 44.1 Å². The number of hydrogen-bond donors (Lipinski definition) is 0. The number of methoxy groups -OCH3 is 1. The molecule has 4 nitrogen and oxygen atoms in total. The van der Waals surface area contributed by atoms with Gasteiger partial charge in [-0.05, 0) is 54.1 Å². The quantitative estimate of drug-likeness (QED) is 0.451. The molecular weight excluding hydrogens is 380 g/mol. The van der Waals surface area contributed by atoms with Crippen LogP contribution >= 0.6 is 15.9 Å². The molecule has 0 aliphatic heterocycles. The standard InChI is InChI=1S/C20H17BrN2O2/c1-25-20-10-4-15(13-17(20)14-23-12-2-11-22-23)3-9-19(24)16-5-7-18(21)8-6-16/h2-13H,14H2,1H3/b9-3+. The summed E-state index contributed by atoms with van der Waals surface area (Å²) in [6, 6.07) is 15.0. The van der Waals surface area contributed by atoms with E-state index in [4.69, 9.17) is 4.74 Å². The first-order valence-corrected chi connectivity index (χ1v) is 8.57. The van der Waals surface area contributed by atoms with Crippen molar-refractivity contribution in [2.24, 2.45) is 0 Å². The van der Waals surface area contributed by atoms with Crippen molar-refractivity contribution < 1.29 is 9.53 Å². The van der Waals surface area contributed by atoms with Crippen LogP contribution in [0.1, 0.15) is 21.5 Å². The van der Waals surface area contributed by atoms with E-state index >= 15 is 0 Å². The Morgan fingerprint density at radius 2 is 2.04 bits per heavy atom. The fourth-order valence-electron chi connectivity index (χ4n) is 2.48. The van der Waals surface area contributed by atoms with Crippen LogP contribution < -0.4 is 4.74 Å². The lowest BCUT2D eigenvalue weighted by Gasteiger charge is -2.09. The average Bonchev–Trinajstić information content (AvgIpc) is 3.13. The van der Waals surface area contributed by atoms with Crippen molar-refractivity contribution in [3.63, 3.8) is 0 Å². The van der Waals surface area contributed by atoms with Gasteiger partial charge in [-0.25, -0.2) is 0 Å². The van der Waals surface area contributed by atoms with Gasteiger partial charge in [0, 0.05) is 28.0 Å². The molecule has 126 valence electrons. The van der Waals surface area contributed by atoms with E-state index in [1.54, 1.807) is 31.5 Å². The Bertz CT molecular complexity index is 885. The van der Waals surface area contributed by atoms with Crippen LogP contribution in [-0.4, -0.2) is 22.7 Å². The van der Waals surface area contributed by atoms with Crippen LogP contribution in [0.25, 0.3) is 6.08 Å². The molecule has 0 radical (unpaired) electrons. The molecule has 0 amide bonds. The number of carbonyl (C=O) groups is 1. The number of allylic oxidation sites excluding steroid dienone is 1. The molecule has 0 spiro atoms. The van der Waals surface area contributed by atoms with Crippen LogP contribution in [0.15, 0.2) is 71.5 Å². The summed E-state index contributed by atoms with van der Waals surface area (Å²) < 4.78 is 8.20. The van der Waals surface area contributed by atoms with Crippen molar-refractivity contribution in [3.05, 3.63) is 88.2 Å². The molecule has 25 heavy (non-hydrogen) atoms. The predicted octanol–water partition coefficient (Wildman–Crippen LogP) is 4.60. The van der Waals surface area contributed by atoms with Crippen LogP contribution in [0, 0.1) is 0 Å². The van der Waals surface area contributed by atoms with Crippen molar-refractivity contribution in [3.8, 4) is 5.75 Å². The van der Waals surface area contributed by atoms with Crippen molar-refractivity contribution in [2.75, 3.05) is 7.11 Å². The molecular formula is C20H17BrN2O2. The van der Waals surface area contributed by atoms with Gasteiger partial charge in [-0.15, -0.1) is 0 Å². The fourth-order valence-corrected chi connectivity index (χ4v) is 2.74. The number of ketones is 1. The number of halogens is 1. The Balaban J connectivity index is 1.80. The van der Waals surface area contributed by atoms with Crippen molar-refractivity contribution in [1.29, 1.82) is 0 Å². The van der Waals surface area contributed by atoms with Gasteiger partial charge in [0.15, 0.2) is 5.78 Å². The number of ether oxygens (including phenoxy) is 1. The van der Waals surface area contributed by atoms with E-state index in [-0.39, 0.29) is 5.78 Å². The first-order valence-electron chi connectivity index (χ1n) is 7.78. The lowest BCUT2D eigenvalue weighted by atomic mass is 10.1. The van der Waals surface area contributed by atoms with Crippen LogP contribution in [0.2, 0.25) is 0 Å². The van der Waals surface area contributed by atoms with Crippen molar-refractivity contribution >= 4 is 27.8 Å². The van der Waals surface area contributed by atoms with Gasteiger partial charge in [-0.1, -0.05) is 28.1 Å². The lowest BCUT2D eigenvalue weighted by Crippen LogP contribution is -2.02. The summed E-state index contributed by atoms with van der Waals surface area (Å²) in [5.41, 5.74) is 2.60. The third kappa shape index (κ3) is 4.45. The minimum atomic E-state index is -0.0306. The van der Waals surface area contributed by atoms with Crippen molar-refractivity contribution in [2.45, 2.75) is 6.54 Å². The van der Waals surface area contributed by atoms with Crippen LogP contribution in [0.4, 0.5) is 0 Å². The molecule has 3 rings (SSSR count). The van der Waals surface area contributed by atoms with Gasteiger partial charge in [0.25, 0.3) is 0 Å². The third-order valence-corrected chi connectivity index (χ3v) is 4.28. The minimum Gasteiger partial charge on any atom is -0.496 e. The van der Waals surface area contributed by atoms with E-state index in [1.807, 2.05) is 53.4 Å². The monoisotopic (exact) mass is 396 g/mol. The molecule has 2 aromatic carbocycles. The van der Waals surface area contributed by atoms with Gasteiger partial charge < -0.3 is 4.74 Å². The molecule has 0 saturated carbocycles. The highest BCUT2D eigenvalue weighted by Crippen LogP contribution is 2.22. The maximum atomic E-state index is 12.3. The second kappa shape index (κ2) is 7.94. The van der Waals surface area contributed by atoms with Crippen LogP contribution in [0.5, 0.6) is 5.75 Å². The highest BCUT2D eigenvalue weighted by Gasteiger charge is 2.06. The third-order valence-electron chi connectivity index (χ3n) is 3.75. The second-order valence-corrected chi connectivity index (χ2v) is 6.40. The Labute approximate surface area is 154 Å². The van der Waals surface area contributed by atoms with Gasteiger partial charge in [0.05, 0.1) is 13.7 Å². The summed E-state index contributed by atoms with van der Waals surface area (Å²) in [6.07, 6.45) is 7.05. The van der Waals surface area contributed by atoms with Gasteiger partial charge in [-0.3, -0.25) is 9.48 Å². The Morgan fingerprint density at radius 1 is 1.24 bits per heavy atom. The normalized spacial score (nSPS) is 11.0. The van der Waals surface area contributed by atoms with Crippen LogP contribution in [0.3, 0.4) is 0 Å². The summed E-state index contributed by atoms with van der Waals surface area (Å²) in [4.78, 5) is 12.3. The Hall–Kier alpha value is -2.66. The molecule has 0 N–H and O–H groups in total. The molecule has 1 aromatic heterocycles. The largest absolute Gasteiger partial charge is 0.496 e. The summed E-state index contributed by atoms with van der Waals surface area (Å²) in [6.45, 7) is 0.610. The molecule has 0 atom stereocenters. The molecule has 0 fully saturated rings. The van der Waals surface area contributed by atoms with E-state index < -0.39 is 0 Å². The van der Waals surface area contributed by atoms with E-state index in [1.165, 1.54) is 0 Å². The zero-order chi connectivity index (χ0) is 17.6. The lowest BCUT2D eigenvalue weighted by molar-refractivity contribution is 0.104. The summed E-state index contributed by atoms with van der Waals surface area (Å²) in [5.74, 6) is 0.767. The van der Waals surface area contributed by atoms with E-state index in [9.17, 15) is 4.79 Å². The first kappa shape index (κ1) is 17.2. The number of aromatic nitrogens is 2. The van der Waals surface area contributed by atoms with E-state index in [0.29, 0.717) is 12.1 Å². The highest BCUT2D eigenvalue weighted by atomic mass is 79.9. The Kier molecular flexibility index (Phi) is 5.46. The number of benzene rings is 2. The molecule has 0 aliphatic carbocycles. The summed E-state index contributed by atoms with van der Waals surface area (Å²) in [5, 5.41) is 4.22. The average molecular weight is 397 g/mol. The first-order chi connectivity index (χ1) is 12.2. The molecule has 1 heterocycles. The van der Waals surface area contributed by atoms with Crippen molar-refractivity contribution in [1.82, 2.24) is 9.78 Å². The number of nitrogens with zero attached hydrogens (tertiary/aromatic N) is 2. The maximum Gasteiger partial charge on any atom is 0.185 e. The summed E-state index contributed by atoms with van der Waals surface area (Å²) >= 11 is 3.37. The molecule has 5 heteroatoms. The number of hydrogen-bond acceptors (Lipinski definition) is 3. The highest BCUT2D eigenvalue weighted by molar-refractivity contribution is 9.10. The molecule has 0 bridgehead atoms. The predicted molar refractivity (Wildman–Crippen MR) is 102 cm³/mol. The minimum absolute atomic E-state index is 0.0306.